The summed E-state index contributed by atoms with van der Waals surface area (Å²) >= 11 is 0. The molecule has 326 valence electrons. The number of carbonyl (C=O) groups excluding carboxylic acids is 4. The zero-order chi connectivity index (χ0) is 43.4. The maximum atomic E-state index is 14.0. The molecule has 0 saturated carbocycles. The van der Waals surface area contributed by atoms with Gasteiger partial charge in [0.05, 0.1) is 26.2 Å². The van der Waals surface area contributed by atoms with Crippen molar-refractivity contribution in [2.45, 2.75) is 131 Å². The molecule has 0 radical (unpaired) electrons. The molecule has 1 N–H and O–H groups in total. The van der Waals surface area contributed by atoms with E-state index >= 15 is 0 Å². The van der Waals surface area contributed by atoms with Gasteiger partial charge in [-0.3, -0.25) is 48.4 Å². The predicted molar refractivity (Wildman–Crippen MR) is 218 cm³/mol. The SMILES string of the molecule is CCOc1c(NCCCC(C(=O)OC(C)(C)C)N2CCN(CC(=O)OC(C)(C)C)CCN(CC(=O)OC(C)(C)C)CCN(CC(=O)OC(C)(C)C)CC2)c(=O)c1=O. The number of esters is 4. The first-order valence-corrected chi connectivity index (χ1v) is 20.2. The van der Waals surface area contributed by atoms with Gasteiger partial charge in [-0.1, -0.05) is 0 Å². The molecule has 1 saturated heterocycles. The first kappa shape index (κ1) is 49.5. The topological polar surface area (TPSA) is 174 Å². The standard InChI is InChI=1S/C41H71N5O11/c1-14-53-36-33(34(50)35(36)51)42-17-15-16-29(37(52)57-41(11,12)13)46-24-22-44(27-31(48)55-39(5,6)7)20-18-43(26-30(47)54-38(2,3)4)19-21-45(23-25-46)28-32(49)56-40(8,9)10/h29,42H,14-28H2,1-13H3. The van der Waals surface area contributed by atoms with Crippen LogP contribution >= 0.6 is 0 Å². The summed E-state index contributed by atoms with van der Waals surface area (Å²) in [5, 5.41) is 3.02. The van der Waals surface area contributed by atoms with Crippen LogP contribution in [-0.2, 0) is 38.1 Å². The van der Waals surface area contributed by atoms with Crippen molar-refractivity contribution in [2.24, 2.45) is 0 Å². The van der Waals surface area contributed by atoms with Gasteiger partial charge in [-0.05, 0) is 103 Å². The number of nitrogens with one attached hydrogen (secondary N) is 1. The summed E-state index contributed by atoms with van der Waals surface area (Å²) in [6.45, 7) is 27.0. The second-order valence-corrected chi connectivity index (χ2v) is 18.5. The Labute approximate surface area is 339 Å². The Kier molecular flexibility index (Phi) is 18.6. The molecule has 57 heavy (non-hydrogen) atoms. The molecule has 16 heteroatoms. The molecule has 0 bridgehead atoms. The van der Waals surface area contributed by atoms with Crippen LogP contribution < -0.4 is 20.9 Å². The molecular weight excluding hydrogens is 738 g/mol. The Balaban J connectivity index is 2.48. The van der Waals surface area contributed by atoms with E-state index in [0.717, 1.165) is 0 Å². The van der Waals surface area contributed by atoms with E-state index in [1.165, 1.54) is 0 Å². The van der Waals surface area contributed by atoms with E-state index < -0.39 is 57.2 Å². The van der Waals surface area contributed by atoms with Gasteiger partial charge in [-0.2, -0.15) is 0 Å². The summed E-state index contributed by atoms with van der Waals surface area (Å²) in [4.78, 5) is 85.4. The van der Waals surface area contributed by atoms with Crippen LogP contribution in [0.25, 0.3) is 0 Å². The highest BCUT2D eigenvalue weighted by Crippen LogP contribution is 2.20. The van der Waals surface area contributed by atoms with Gasteiger partial charge in [0, 0.05) is 58.9 Å². The molecule has 1 unspecified atom stereocenters. The van der Waals surface area contributed by atoms with E-state index in [1.54, 1.807) is 27.7 Å². The van der Waals surface area contributed by atoms with E-state index in [9.17, 15) is 28.8 Å². The molecular formula is C41H71N5O11. The Morgan fingerprint density at radius 3 is 1.30 bits per heavy atom. The summed E-state index contributed by atoms with van der Waals surface area (Å²) < 4.78 is 28.3. The zero-order valence-electron chi connectivity index (χ0n) is 37.0. The molecule has 1 aromatic rings. The van der Waals surface area contributed by atoms with Gasteiger partial charge >= 0.3 is 23.9 Å². The molecule has 1 aromatic carbocycles. The van der Waals surface area contributed by atoms with Crippen molar-refractivity contribution < 1.29 is 42.9 Å². The number of carbonyl (C=O) groups is 4. The van der Waals surface area contributed by atoms with Crippen LogP contribution in [0, 0.1) is 0 Å². The average Bonchev–Trinajstić information content (AvgIpc) is 3.02. The summed E-state index contributed by atoms with van der Waals surface area (Å²) in [5.41, 5.74) is -3.99. The van der Waals surface area contributed by atoms with Gasteiger partial charge < -0.3 is 29.0 Å². The second-order valence-electron chi connectivity index (χ2n) is 18.5. The minimum Gasteiger partial charge on any atom is -0.488 e. The first-order chi connectivity index (χ1) is 26.2. The summed E-state index contributed by atoms with van der Waals surface area (Å²) in [6.07, 6.45) is 0.775. The fraction of sp³-hybridized carbons (Fsp3) is 0.805. The third-order valence-corrected chi connectivity index (χ3v) is 8.42. The van der Waals surface area contributed by atoms with Crippen molar-refractivity contribution in [2.75, 3.05) is 90.5 Å². The molecule has 0 aromatic heterocycles. The van der Waals surface area contributed by atoms with Crippen LogP contribution in [0.4, 0.5) is 5.69 Å². The van der Waals surface area contributed by atoms with Gasteiger partial charge in [0.15, 0.2) is 5.75 Å². The molecule has 1 atom stereocenters. The summed E-state index contributed by atoms with van der Waals surface area (Å²) in [7, 11) is 0. The quantitative estimate of drug-likeness (QED) is 0.119. The smallest absolute Gasteiger partial charge is 0.323 e. The average molecular weight is 810 g/mol. The monoisotopic (exact) mass is 810 g/mol. The maximum Gasteiger partial charge on any atom is 0.323 e. The molecule has 0 aliphatic carbocycles. The third kappa shape index (κ3) is 19.6. The van der Waals surface area contributed by atoms with E-state index in [4.69, 9.17) is 23.7 Å². The maximum absolute atomic E-state index is 14.0. The highest BCUT2D eigenvalue weighted by Gasteiger charge is 2.33. The van der Waals surface area contributed by atoms with Crippen molar-refractivity contribution in [1.29, 1.82) is 0 Å². The van der Waals surface area contributed by atoms with E-state index in [-0.39, 0.29) is 43.6 Å². The van der Waals surface area contributed by atoms with Crippen LogP contribution in [0.3, 0.4) is 0 Å². The lowest BCUT2D eigenvalue weighted by atomic mass is 10.1. The van der Waals surface area contributed by atoms with Crippen LogP contribution in [0.5, 0.6) is 5.75 Å². The van der Waals surface area contributed by atoms with Gasteiger partial charge in [0.25, 0.3) is 10.9 Å². The van der Waals surface area contributed by atoms with Crippen LogP contribution in [0.1, 0.15) is 103 Å². The van der Waals surface area contributed by atoms with Crippen molar-refractivity contribution >= 4 is 29.6 Å². The number of anilines is 1. The van der Waals surface area contributed by atoms with Crippen molar-refractivity contribution in [3.05, 3.63) is 20.4 Å². The Morgan fingerprint density at radius 2 is 0.947 bits per heavy atom. The van der Waals surface area contributed by atoms with Crippen molar-refractivity contribution in [1.82, 2.24) is 19.6 Å². The number of hydrogen-bond acceptors (Lipinski definition) is 16. The van der Waals surface area contributed by atoms with Gasteiger partial charge in [-0.15, -0.1) is 0 Å². The molecule has 1 heterocycles. The van der Waals surface area contributed by atoms with Gasteiger partial charge in [0.1, 0.15) is 34.1 Å². The molecule has 1 fully saturated rings. The lowest BCUT2D eigenvalue weighted by Crippen LogP contribution is -2.53. The summed E-state index contributed by atoms with van der Waals surface area (Å²) in [6, 6.07) is -0.733. The van der Waals surface area contributed by atoms with E-state index in [1.807, 2.05) is 81.9 Å². The van der Waals surface area contributed by atoms with E-state index in [0.29, 0.717) is 71.7 Å². The Bertz CT molecular complexity index is 1500. The molecule has 16 nitrogen and oxygen atoms in total. The second kappa shape index (κ2) is 21.4. The number of rotatable bonds is 15. The Hall–Kier alpha value is -3.60. The minimum absolute atomic E-state index is 0.0127. The van der Waals surface area contributed by atoms with Crippen molar-refractivity contribution in [3.63, 3.8) is 0 Å². The number of hydrogen-bond donors (Lipinski definition) is 1. The van der Waals surface area contributed by atoms with Gasteiger partial charge in [-0.25, -0.2) is 0 Å². The summed E-state index contributed by atoms with van der Waals surface area (Å²) in [5.74, 6) is -1.59. The van der Waals surface area contributed by atoms with Crippen LogP contribution in [-0.4, -0.2) is 157 Å². The largest absolute Gasteiger partial charge is 0.488 e. The fourth-order valence-corrected chi connectivity index (χ4v) is 6.15. The molecule has 2 rings (SSSR count). The van der Waals surface area contributed by atoms with Gasteiger partial charge in [0.2, 0.25) is 0 Å². The lowest BCUT2D eigenvalue weighted by Gasteiger charge is -2.37. The molecule has 1 aliphatic heterocycles. The minimum atomic E-state index is -0.779. The van der Waals surface area contributed by atoms with Crippen molar-refractivity contribution in [3.8, 4) is 5.75 Å². The Morgan fingerprint density at radius 1 is 0.579 bits per heavy atom. The number of ether oxygens (including phenoxy) is 5. The van der Waals surface area contributed by atoms with Crippen LogP contribution in [0.15, 0.2) is 9.59 Å². The van der Waals surface area contributed by atoms with E-state index in [2.05, 4.69) is 5.32 Å². The highest BCUT2D eigenvalue weighted by molar-refractivity contribution is 5.76. The first-order valence-electron chi connectivity index (χ1n) is 20.2. The highest BCUT2D eigenvalue weighted by atomic mass is 16.6. The number of nitrogens with zero attached hydrogens (tertiary/aromatic N) is 4. The molecule has 0 amide bonds. The normalized spacial score (nSPS) is 17.2. The molecule has 1 aliphatic rings. The predicted octanol–water partition coefficient (Wildman–Crippen LogP) is 2.83. The van der Waals surface area contributed by atoms with Crippen LogP contribution in [0.2, 0.25) is 0 Å². The fourth-order valence-electron chi connectivity index (χ4n) is 6.15. The zero-order valence-corrected chi connectivity index (χ0v) is 37.0. The third-order valence-electron chi connectivity index (χ3n) is 8.42. The lowest BCUT2D eigenvalue weighted by molar-refractivity contribution is -0.163. The molecule has 0 spiro atoms.